The molecule has 9 nitrogen and oxygen atoms in total. The van der Waals surface area contributed by atoms with E-state index in [2.05, 4.69) is 26.8 Å². The van der Waals surface area contributed by atoms with Crippen LogP contribution in [-0.2, 0) is 38.1 Å². The highest BCUT2D eigenvalue weighted by atomic mass is 16.6. The number of hydrogen-bond acceptors (Lipinski definition) is 9. The summed E-state index contributed by atoms with van der Waals surface area (Å²) < 4.78 is 30.2. The normalized spacial score (nSPS) is 38.8. The fraction of sp³-hybridized carbons (Fsp3) is 0.657. The first kappa shape index (κ1) is 32.0. The van der Waals surface area contributed by atoms with E-state index in [0.717, 1.165) is 16.7 Å². The molecule has 2 saturated carbocycles. The molecule has 1 aromatic rings. The van der Waals surface area contributed by atoms with Crippen molar-refractivity contribution in [3.63, 3.8) is 0 Å². The van der Waals surface area contributed by atoms with Crippen LogP contribution in [0.5, 0.6) is 0 Å². The van der Waals surface area contributed by atoms with Gasteiger partial charge in [0.2, 0.25) is 0 Å². The second kappa shape index (κ2) is 10.9. The van der Waals surface area contributed by atoms with E-state index in [1.54, 1.807) is 12.5 Å². The lowest BCUT2D eigenvalue weighted by Gasteiger charge is -2.67. The van der Waals surface area contributed by atoms with Gasteiger partial charge >= 0.3 is 23.9 Å². The third-order valence-electron chi connectivity index (χ3n) is 11.4. The standard InChI is InChI=1S/C35H46O9/c1-19(2)14-30(38)43-28-15-25-32(5,6)44-31(39)17-29(42-21(4)37)35(25,9)26-16-27(41-20(3)36)33(7)23(22-12-13-40-18-22)10-11-24(33)34(26,28)8/h11-14,18,23,25-29H,10,15-17H2,1-9H3/t23-,25?,26?,27-,28+,29-,33-,34-,35-/m0/s1. The van der Waals surface area contributed by atoms with Crippen LogP contribution in [-0.4, -0.2) is 47.8 Å². The largest absolute Gasteiger partial charge is 0.472 e. The summed E-state index contributed by atoms with van der Waals surface area (Å²) in [6.07, 6.45) is 6.52. The number of allylic oxidation sites excluding steroid dienone is 2. The Bertz CT molecular complexity index is 1400. The number of hydrogen-bond donors (Lipinski definition) is 0. The average molecular weight is 611 g/mol. The molecule has 0 N–H and O–H groups in total. The second-order valence-electron chi connectivity index (χ2n) is 14.6. The highest BCUT2D eigenvalue weighted by Crippen LogP contribution is 2.73. The maximum absolute atomic E-state index is 13.3. The molecular weight excluding hydrogens is 564 g/mol. The minimum atomic E-state index is -0.968. The van der Waals surface area contributed by atoms with Crippen LogP contribution in [0.3, 0.4) is 0 Å². The molecule has 0 amide bonds. The third-order valence-corrected chi connectivity index (χ3v) is 11.4. The van der Waals surface area contributed by atoms with Crippen LogP contribution in [0.25, 0.3) is 0 Å². The van der Waals surface area contributed by atoms with Gasteiger partial charge < -0.3 is 23.4 Å². The van der Waals surface area contributed by atoms with Crippen molar-refractivity contribution < 1.29 is 42.5 Å². The number of carbonyl (C=O) groups is 4. The van der Waals surface area contributed by atoms with E-state index in [9.17, 15) is 19.2 Å². The molecule has 9 heteroatoms. The molecule has 3 fully saturated rings. The van der Waals surface area contributed by atoms with E-state index in [1.807, 2.05) is 33.8 Å². The monoisotopic (exact) mass is 610 g/mol. The first-order valence-corrected chi connectivity index (χ1v) is 15.6. The number of cyclic esters (lactones) is 1. The Morgan fingerprint density at radius 3 is 2.07 bits per heavy atom. The van der Waals surface area contributed by atoms with Crippen molar-refractivity contribution in [1.29, 1.82) is 0 Å². The molecule has 1 aliphatic heterocycles. The number of rotatable bonds is 5. The van der Waals surface area contributed by atoms with Crippen molar-refractivity contribution in [2.45, 2.75) is 118 Å². The van der Waals surface area contributed by atoms with E-state index in [1.165, 1.54) is 19.9 Å². The van der Waals surface area contributed by atoms with E-state index in [4.69, 9.17) is 23.4 Å². The minimum Gasteiger partial charge on any atom is -0.472 e. The van der Waals surface area contributed by atoms with Crippen molar-refractivity contribution in [2.75, 3.05) is 0 Å². The summed E-state index contributed by atoms with van der Waals surface area (Å²) in [4.78, 5) is 51.8. The quantitative estimate of drug-likeness (QED) is 0.166. The highest BCUT2D eigenvalue weighted by Gasteiger charge is 2.73. The SMILES string of the molecule is CC(=O)O[C@H]1CC(=O)OC(C)(C)C2C[C@@H](OC(=O)C=C(C)C)[C@@]3(C)C4=CC[C@@H](c5ccoc5)[C@]4(C)[C@@H](OC(C)=O)CC3[C@]21C. The fourth-order valence-electron chi connectivity index (χ4n) is 9.77. The summed E-state index contributed by atoms with van der Waals surface area (Å²) in [5.74, 6) is -2.50. The lowest BCUT2D eigenvalue weighted by molar-refractivity contribution is -0.237. The molecule has 0 bridgehead atoms. The first-order valence-electron chi connectivity index (χ1n) is 15.6. The number of carbonyl (C=O) groups excluding carboxylic acids is 4. The lowest BCUT2D eigenvalue weighted by Crippen LogP contribution is -2.69. The van der Waals surface area contributed by atoms with Gasteiger partial charge in [-0.15, -0.1) is 0 Å². The van der Waals surface area contributed by atoms with E-state index >= 15 is 0 Å². The lowest BCUT2D eigenvalue weighted by atomic mass is 9.39. The van der Waals surface area contributed by atoms with Gasteiger partial charge in [-0.2, -0.15) is 0 Å². The molecule has 0 radical (unpaired) electrons. The Kier molecular flexibility index (Phi) is 7.95. The van der Waals surface area contributed by atoms with Gasteiger partial charge in [0.15, 0.2) is 0 Å². The zero-order valence-corrected chi connectivity index (χ0v) is 27.4. The minimum absolute atomic E-state index is 0.0437. The highest BCUT2D eigenvalue weighted by molar-refractivity contribution is 5.83. The smallest absolute Gasteiger partial charge is 0.330 e. The predicted octanol–water partition coefficient (Wildman–Crippen LogP) is 6.22. The van der Waals surface area contributed by atoms with E-state index < -0.39 is 64.0 Å². The molecule has 9 atom stereocenters. The summed E-state index contributed by atoms with van der Waals surface area (Å²) in [5.41, 5.74) is -0.322. The molecule has 5 rings (SSSR count). The maximum atomic E-state index is 13.3. The van der Waals surface area contributed by atoms with Gasteiger partial charge in [-0.25, -0.2) is 4.79 Å². The summed E-state index contributed by atoms with van der Waals surface area (Å²) in [6.45, 7) is 16.6. The third kappa shape index (κ3) is 4.91. The molecule has 44 heavy (non-hydrogen) atoms. The Balaban J connectivity index is 1.76. The van der Waals surface area contributed by atoms with Crippen molar-refractivity contribution in [3.05, 3.63) is 47.5 Å². The van der Waals surface area contributed by atoms with E-state index in [-0.39, 0.29) is 24.2 Å². The van der Waals surface area contributed by atoms with Gasteiger partial charge in [0, 0.05) is 48.0 Å². The molecule has 2 unspecified atom stereocenters. The van der Waals surface area contributed by atoms with Crippen molar-refractivity contribution >= 4 is 23.9 Å². The van der Waals surface area contributed by atoms with Gasteiger partial charge in [0.25, 0.3) is 0 Å². The molecule has 1 saturated heterocycles. The molecule has 3 aliphatic carbocycles. The zero-order chi connectivity index (χ0) is 32.4. The Labute approximate surface area is 259 Å². The molecule has 0 aromatic carbocycles. The second-order valence-corrected chi connectivity index (χ2v) is 14.6. The Hall–Kier alpha value is -3.36. The van der Waals surface area contributed by atoms with Gasteiger partial charge in [-0.1, -0.05) is 38.0 Å². The number of fused-ring (bicyclic) bond motifs is 5. The average Bonchev–Trinajstić information content (AvgIpc) is 3.52. The predicted molar refractivity (Wildman–Crippen MR) is 160 cm³/mol. The molecule has 0 spiro atoms. The summed E-state index contributed by atoms with van der Waals surface area (Å²) in [7, 11) is 0. The maximum Gasteiger partial charge on any atom is 0.330 e. The fourth-order valence-corrected chi connectivity index (χ4v) is 9.77. The van der Waals surface area contributed by atoms with Gasteiger partial charge in [-0.05, 0) is 64.5 Å². The first-order chi connectivity index (χ1) is 20.4. The van der Waals surface area contributed by atoms with Gasteiger partial charge in [0.1, 0.15) is 23.9 Å². The van der Waals surface area contributed by atoms with Gasteiger partial charge in [0.05, 0.1) is 18.9 Å². The van der Waals surface area contributed by atoms with Gasteiger partial charge in [-0.3, -0.25) is 14.4 Å². The van der Waals surface area contributed by atoms with Crippen LogP contribution in [0.4, 0.5) is 0 Å². The molecule has 2 heterocycles. The Morgan fingerprint density at radius 2 is 1.48 bits per heavy atom. The van der Waals surface area contributed by atoms with Crippen LogP contribution in [0.2, 0.25) is 0 Å². The van der Waals surface area contributed by atoms with Crippen LogP contribution in [0.1, 0.15) is 99.5 Å². The summed E-state index contributed by atoms with van der Waals surface area (Å²) in [5, 5.41) is 0. The summed E-state index contributed by atoms with van der Waals surface area (Å²) in [6, 6.07) is 1.95. The van der Waals surface area contributed by atoms with Crippen molar-refractivity contribution in [2.24, 2.45) is 28.1 Å². The van der Waals surface area contributed by atoms with Crippen LogP contribution in [0.15, 0.2) is 46.3 Å². The molecular formula is C35H46O9. The van der Waals surface area contributed by atoms with Crippen LogP contribution < -0.4 is 0 Å². The van der Waals surface area contributed by atoms with Crippen molar-refractivity contribution in [1.82, 2.24) is 0 Å². The number of furan rings is 1. The molecule has 4 aliphatic rings. The topological polar surface area (TPSA) is 118 Å². The molecule has 1 aromatic heterocycles. The number of ether oxygens (including phenoxy) is 4. The van der Waals surface area contributed by atoms with Crippen LogP contribution in [0, 0.1) is 28.1 Å². The molecule has 240 valence electrons. The van der Waals surface area contributed by atoms with Crippen molar-refractivity contribution in [3.8, 4) is 0 Å². The number of esters is 4. The zero-order valence-electron chi connectivity index (χ0n) is 27.4. The van der Waals surface area contributed by atoms with Crippen LogP contribution >= 0.6 is 0 Å². The Morgan fingerprint density at radius 1 is 0.864 bits per heavy atom. The summed E-state index contributed by atoms with van der Waals surface area (Å²) >= 11 is 0. The van der Waals surface area contributed by atoms with E-state index in [0.29, 0.717) is 19.3 Å².